The Morgan fingerprint density at radius 3 is 2.94 bits per heavy atom. The van der Waals surface area contributed by atoms with Crippen LogP contribution in [0.25, 0.3) is 11.2 Å². The molecule has 2 fully saturated rings. The maximum Gasteiger partial charge on any atom is 0.323 e. The number of nitrogen functional groups attached to an aromatic ring is 1. The van der Waals surface area contributed by atoms with Gasteiger partial charge in [-0.05, 0) is 26.7 Å². The summed E-state index contributed by atoms with van der Waals surface area (Å²) in [6.07, 6.45) is 4.05. The number of carbonyl (C=O) groups is 1. The van der Waals surface area contributed by atoms with Crippen molar-refractivity contribution in [2.24, 2.45) is 0 Å². The lowest BCUT2D eigenvalue weighted by Gasteiger charge is -2.23. The van der Waals surface area contributed by atoms with Crippen molar-refractivity contribution in [2.75, 3.05) is 24.3 Å². The van der Waals surface area contributed by atoms with E-state index in [1.807, 2.05) is 5.92 Å². The van der Waals surface area contributed by atoms with E-state index in [9.17, 15) is 14.5 Å². The van der Waals surface area contributed by atoms with Crippen molar-refractivity contribution in [3.8, 4) is 12.3 Å². The molecule has 0 amide bonds. The monoisotopic (exact) mass is 511 g/mol. The van der Waals surface area contributed by atoms with Crippen molar-refractivity contribution in [3.63, 3.8) is 0 Å². The number of nitrogens with two attached hydrogens (primary N) is 1. The van der Waals surface area contributed by atoms with Gasteiger partial charge in [-0.2, -0.15) is 9.97 Å². The molecule has 4 rings (SSSR count). The number of nitrogens with zero attached hydrogens (tertiary/aromatic N) is 4. The SMILES string of the molecule is C#C[C@@]1(F)[C@H](O)[C@@H](CO[PH](=O)N[C@H](C)C(=O)OCC)O[C@H]1n1cnc2c(NC3CC3)nc(N)nc21. The lowest BCUT2D eigenvalue weighted by Crippen LogP contribution is -2.42. The van der Waals surface area contributed by atoms with Gasteiger partial charge in [0.25, 0.3) is 8.18 Å². The number of halogens is 1. The number of aromatic nitrogens is 4. The third-order valence-corrected chi connectivity index (χ3v) is 6.73. The van der Waals surface area contributed by atoms with E-state index >= 15 is 4.39 Å². The molecule has 1 saturated heterocycles. The zero-order chi connectivity index (χ0) is 25.3. The van der Waals surface area contributed by atoms with Gasteiger partial charge >= 0.3 is 5.97 Å². The molecule has 0 spiro atoms. The number of rotatable bonds is 10. The zero-order valence-corrected chi connectivity index (χ0v) is 20.1. The Morgan fingerprint density at radius 1 is 1.54 bits per heavy atom. The van der Waals surface area contributed by atoms with Gasteiger partial charge in [0.2, 0.25) is 11.6 Å². The normalized spacial score (nSPS) is 27.9. The van der Waals surface area contributed by atoms with E-state index in [1.54, 1.807) is 6.92 Å². The molecule has 1 unspecified atom stereocenters. The Kier molecular flexibility index (Phi) is 7.25. The van der Waals surface area contributed by atoms with Gasteiger partial charge in [0, 0.05) is 6.04 Å². The Labute approximate surface area is 200 Å². The van der Waals surface area contributed by atoms with Crippen molar-refractivity contribution in [3.05, 3.63) is 6.33 Å². The number of fused-ring (bicyclic) bond motifs is 1. The molecule has 190 valence electrons. The van der Waals surface area contributed by atoms with E-state index in [0.717, 1.165) is 12.8 Å². The summed E-state index contributed by atoms with van der Waals surface area (Å²) in [5.41, 5.74) is 3.66. The lowest BCUT2D eigenvalue weighted by atomic mass is 9.97. The van der Waals surface area contributed by atoms with Gasteiger partial charge in [-0.1, -0.05) is 5.92 Å². The van der Waals surface area contributed by atoms with Crippen LogP contribution in [0.5, 0.6) is 0 Å². The fraction of sp³-hybridized carbons (Fsp3) is 0.600. The number of hydrogen-bond donors (Lipinski definition) is 4. The molecule has 1 aliphatic carbocycles. The number of anilines is 2. The van der Waals surface area contributed by atoms with Crippen molar-refractivity contribution < 1.29 is 32.9 Å². The molecular weight excluding hydrogens is 484 g/mol. The maximum absolute atomic E-state index is 15.8. The third kappa shape index (κ3) is 5.10. The molecule has 0 aromatic carbocycles. The highest BCUT2D eigenvalue weighted by molar-refractivity contribution is 7.36. The number of ether oxygens (including phenoxy) is 2. The highest BCUT2D eigenvalue weighted by atomic mass is 31.1. The molecule has 35 heavy (non-hydrogen) atoms. The molecule has 0 bridgehead atoms. The predicted octanol–water partition coefficient (Wildman–Crippen LogP) is 0.530. The fourth-order valence-electron chi connectivity index (χ4n) is 3.64. The second kappa shape index (κ2) is 10.0. The molecule has 15 heteroatoms. The first-order chi connectivity index (χ1) is 16.7. The number of hydrogen-bond acceptors (Lipinski definition) is 11. The van der Waals surface area contributed by atoms with E-state index < -0.39 is 50.9 Å². The van der Waals surface area contributed by atoms with Crippen molar-refractivity contribution in [1.82, 2.24) is 24.6 Å². The summed E-state index contributed by atoms with van der Waals surface area (Å²) in [6.45, 7) is 2.79. The highest BCUT2D eigenvalue weighted by Crippen LogP contribution is 2.43. The van der Waals surface area contributed by atoms with E-state index in [0.29, 0.717) is 11.3 Å². The quantitative estimate of drug-likeness (QED) is 0.198. The van der Waals surface area contributed by atoms with Gasteiger partial charge in [-0.25, -0.2) is 14.5 Å². The van der Waals surface area contributed by atoms with Crippen molar-refractivity contribution >= 4 is 37.1 Å². The van der Waals surface area contributed by atoms with Gasteiger partial charge in [0.15, 0.2) is 23.2 Å². The average Bonchev–Trinajstić information content (AvgIpc) is 3.48. The number of aliphatic hydroxyl groups excluding tert-OH is 1. The minimum atomic E-state index is -2.96. The smallest absolute Gasteiger partial charge is 0.323 e. The van der Waals surface area contributed by atoms with Crippen LogP contribution >= 0.6 is 8.18 Å². The Hall–Kier alpha value is -2.82. The second-order valence-electron chi connectivity index (χ2n) is 8.27. The first-order valence-corrected chi connectivity index (χ1v) is 12.4. The second-order valence-corrected chi connectivity index (χ2v) is 9.43. The fourth-order valence-corrected chi connectivity index (χ4v) is 4.51. The topological polar surface area (TPSA) is 176 Å². The van der Waals surface area contributed by atoms with Crippen molar-refractivity contribution in [2.45, 2.75) is 62.9 Å². The minimum absolute atomic E-state index is 0.0635. The summed E-state index contributed by atoms with van der Waals surface area (Å²) in [5.74, 6) is 1.69. The number of carbonyl (C=O) groups excluding carboxylic acids is 1. The Morgan fingerprint density at radius 2 is 2.29 bits per heavy atom. The molecule has 5 N–H and O–H groups in total. The van der Waals surface area contributed by atoms with Gasteiger partial charge in [-0.15, -0.1) is 6.42 Å². The van der Waals surface area contributed by atoms with E-state index in [2.05, 4.69) is 25.4 Å². The molecule has 13 nitrogen and oxygen atoms in total. The van der Waals surface area contributed by atoms with E-state index in [-0.39, 0.29) is 24.2 Å². The average molecular weight is 511 g/mol. The maximum atomic E-state index is 15.8. The molecule has 1 aliphatic heterocycles. The number of alkyl halides is 1. The summed E-state index contributed by atoms with van der Waals surface area (Å²) in [7, 11) is -2.96. The summed E-state index contributed by atoms with van der Waals surface area (Å²) in [5, 5.41) is 16.3. The molecule has 0 radical (unpaired) electrons. The summed E-state index contributed by atoms with van der Waals surface area (Å²) in [6, 6.07) is -0.645. The minimum Gasteiger partial charge on any atom is -0.465 e. The largest absolute Gasteiger partial charge is 0.465 e. The van der Waals surface area contributed by atoms with Gasteiger partial charge in [0.1, 0.15) is 18.2 Å². The number of terminal acetylenes is 1. The van der Waals surface area contributed by atoms with Crippen LogP contribution in [0.3, 0.4) is 0 Å². The lowest BCUT2D eigenvalue weighted by molar-refractivity contribution is -0.144. The third-order valence-electron chi connectivity index (χ3n) is 5.63. The summed E-state index contributed by atoms with van der Waals surface area (Å²) >= 11 is 0. The molecule has 2 aliphatic rings. The van der Waals surface area contributed by atoms with Crippen LogP contribution in [0.1, 0.15) is 32.9 Å². The zero-order valence-electron chi connectivity index (χ0n) is 19.1. The van der Waals surface area contributed by atoms with Gasteiger partial charge < -0.3 is 30.2 Å². The van der Waals surface area contributed by atoms with Crippen LogP contribution < -0.4 is 16.1 Å². The standard InChI is InChI=1S/C20H27FN7O6P/c1-4-20(21)14(29)12(8-33-35(31)27-10(3)17(30)32-5-2)34-18(20)28-9-23-13-15(24-11-6-7-11)25-19(22)26-16(13)28/h1,9-12,14,18,29,35H,5-8H2,2-3H3,(H,27,31)(H3,22,24,25,26)/t10-,12-,14-,18-,20-/m1/s1. The van der Waals surface area contributed by atoms with Crippen molar-refractivity contribution in [1.29, 1.82) is 0 Å². The van der Waals surface area contributed by atoms with Crippen LogP contribution in [-0.4, -0.2) is 73.8 Å². The number of nitrogens with one attached hydrogen (secondary N) is 2. The first kappa shape index (κ1) is 25.3. The van der Waals surface area contributed by atoms with Crippen LogP contribution in [-0.2, 0) is 23.4 Å². The van der Waals surface area contributed by atoms with Crippen LogP contribution in [0.2, 0.25) is 0 Å². The van der Waals surface area contributed by atoms with E-state index in [1.165, 1.54) is 17.8 Å². The summed E-state index contributed by atoms with van der Waals surface area (Å²) < 4.78 is 45.0. The Balaban J connectivity index is 1.51. The number of aliphatic hydroxyl groups is 1. The molecule has 3 heterocycles. The summed E-state index contributed by atoms with van der Waals surface area (Å²) in [4.78, 5) is 24.3. The van der Waals surface area contributed by atoms with Crippen LogP contribution in [0.15, 0.2) is 6.33 Å². The Bertz CT molecular complexity index is 1170. The molecule has 1 saturated carbocycles. The first-order valence-electron chi connectivity index (χ1n) is 11.0. The van der Waals surface area contributed by atoms with Crippen LogP contribution in [0.4, 0.5) is 16.2 Å². The van der Waals surface area contributed by atoms with Crippen LogP contribution in [0, 0.1) is 12.3 Å². The van der Waals surface area contributed by atoms with Gasteiger partial charge in [0.05, 0.1) is 19.5 Å². The molecule has 2 aromatic heterocycles. The molecule has 2 aromatic rings. The molecule has 6 atom stereocenters. The predicted molar refractivity (Wildman–Crippen MR) is 123 cm³/mol. The molecular formula is C20H27FN7O6P. The van der Waals surface area contributed by atoms with Gasteiger partial charge in [-0.3, -0.25) is 13.9 Å². The highest BCUT2D eigenvalue weighted by Gasteiger charge is 2.58. The number of imidazole rings is 1. The number of esters is 1. The van der Waals surface area contributed by atoms with E-state index in [4.69, 9.17) is 26.2 Å².